The lowest BCUT2D eigenvalue weighted by Gasteiger charge is -2.31. The number of H-pyrrole nitrogens is 1. The third-order valence-corrected chi connectivity index (χ3v) is 3.70. The van der Waals surface area contributed by atoms with Crippen LogP contribution in [0.25, 0.3) is 0 Å². The van der Waals surface area contributed by atoms with Crippen LogP contribution >= 0.6 is 0 Å². The van der Waals surface area contributed by atoms with E-state index in [9.17, 15) is 0 Å². The predicted molar refractivity (Wildman–Crippen MR) is 72.4 cm³/mol. The van der Waals surface area contributed by atoms with Crippen molar-refractivity contribution in [3.63, 3.8) is 0 Å². The molecule has 4 nitrogen and oxygen atoms in total. The van der Waals surface area contributed by atoms with Crippen LogP contribution in [-0.4, -0.2) is 19.5 Å². The zero-order chi connectivity index (χ0) is 13.2. The lowest BCUT2D eigenvalue weighted by atomic mass is 9.82. The first kappa shape index (κ1) is 12.9. The lowest BCUT2D eigenvalue weighted by molar-refractivity contribution is 0.280. The van der Waals surface area contributed by atoms with Gasteiger partial charge in [0.15, 0.2) is 0 Å². The maximum absolute atomic E-state index is 4.38. The molecule has 0 amide bonds. The molecule has 4 heteroatoms. The summed E-state index contributed by atoms with van der Waals surface area (Å²) in [5.41, 5.74) is 0.154. The summed E-state index contributed by atoms with van der Waals surface area (Å²) in [5.74, 6) is 1.06. The van der Waals surface area contributed by atoms with Gasteiger partial charge in [0.05, 0.1) is 6.33 Å². The van der Waals surface area contributed by atoms with Gasteiger partial charge in [-0.25, -0.2) is 9.97 Å². The highest BCUT2D eigenvalue weighted by molar-refractivity contribution is 5.04. The maximum Gasteiger partial charge on any atom is 0.111 e. The summed E-state index contributed by atoms with van der Waals surface area (Å²) in [5, 5.41) is 0. The third kappa shape index (κ3) is 2.63. The number of hydrogen-bond acceptors (Lipinski definition) is 2. The molecule has 0 aliphatic rings. The maximum atomic E-state index is 4.38. The van der Waals surface area contributed by atoms with Crippen LogP contribution in [0.3, 0.4) is 0 Å². The van der Waals surface area contributed by atoms with E-state index in [1.165, 1.54) is 0 Å². The molecule has 0 fully saturated rings. The Morgan fingerprint density at radius 3 is 2.50 bits per heavy atom. The molecule has 0 saturated heterocycles. The Balaban J connectivity index is 2.03. The minimum absolute atomic E-state index is 0.0708. The fourth-order valence-corrected chi connectivity index (χ4v) is 2.12. The molecule has 0 aliphatic carbocycles. The van der Waals surface area contributed by atoms with Crippen LogP contribution in [0.15, 0.2) is 31.1 Å². The van der Waals surface area contributed by atoms with Gasteiger partial charge in [0.2, 0.25) is 0 Å². The Labute approximate surface area is 108 Å². The Bertz CT molecular complexity index is 420. The molecule has 0 aromatic carbocycles. The van der Waals surface area contributed by atoms with Crippen LogP contribution in [0.1, 0.15) is 46.4 Å². The van der Waals surface area contributed by atoms with Gasteiger partial charge in [0.25, 0.3) is 0 Å². The molecule has 0 radical (unpaired) electrons. The molecule has 18 heavy (non-hydrogen) atoms. The average molecular weight is 246 g/mol. The van der Waals surface area contributed by atoms with Crippen molar-refractivity contribution in [3.05, 3.63) is 36.9 Å². The predicted octanol–water partition coefficient (Wildman–Crippen LogP) is 3.10. The first-order chi connectivity index (χ1) is 8.42. The standard InChI is InChI=1S/C14H22N4/c1-13(2,12-16-7-8-17-12)5-6-14(3,4)18-10-9-15-11-18/h7-11H,5-6H2,1-4H3,(H,16,17). The van der Waals surface area contributed by atoms with E-state index in [0.717, 1.165) is 18.7 Å². The summed E-state index contributed by atoms with van der Waals surface area (Å²) in [7, 11) is 0. The van der Waals surface area contributed by atoms with E-state index >= 15 is 0 Å². The third-order valence-electron chi connectivity index (χ3n) is 3.70. The van der Waals surface area contributed by atoms with E-state index in [4.69, 9.17) is 0 Å². The highest BCUT2D eigenvalue weighted by Crippen LogP contribution is 2.31. The highest BCUT2D eigenvalue weighted by Gasteiger charge is 2.28. The van der Waals surface area contributed by atoms with Crippen molar-refractivity contribution in [1.82, 2.24) is 19.5 Å². The quantitative estimate of drug-likeness (QED) is 0.881. The number of aromatic nitrogens is 4. The molecular formula is C14H22N4. The zero-order valence-corrected chi connectivity index (χ0v) is 11.6. The van der Waals surface area contributed by atoms with Crippen LogP contribution in [0.2, 0.25) is 0 Å². The first-order valence-corrected chi connectivity index (χ1v) is 6.40. The fourth-order valence-electron chi connectivity index (χ4n) is 2.12. The smallest absolute Gasteiger partial charge is 0.111 e. The fraction of sp³-hybridized carbons (Fsp3) is 0.571. The van der Waals surface area contributed by atoms with Crippen molar-refractivity contribution < 1.29 is 0 Å². The molecule has 1 N–H and O–H groups in total. The number of nitrogens with one attached hydrogen (secondary N) is 1. The van der Waals surface area contributed by atoms with Gasteiger partial charge in [-0.05, 0) is 26.7 Å². The molecule has 2 aromatic heterocycles. The molecule has 2 rings (SSSR count). The van der Waals surface area contributed by atoms with Crippen molar-refractivity contribution >= 4 is 0 Å². The van der Waals surface area contributed by atoms with E-state index < -0.39 is 0 Å². The van der Waals surface area contributed by atoms with Gasteiger partial charge in [0, 0.05) is 35.7 Å². The second kappa shape index (κ2) is 4.59. The number of hydrogen-bond donors (Lipinski definition) is 1. The normalized spacial score (nSPS) is 12.9. The minimum Gasteiger partial charge on any atom is -0.348 e. The minimum atomic E-state index is 0.0708. The van der Waals surface area contributed by atoms with E-state index in [1.807, 2.05) is 31.1 Å². The highest BCUT2D eigenvalue weighted by atomic mass is 15.1. The molecule has 0 bridgehead atoms. The molecule has 2 heterocycles. The van der Waals surface area contributed by atoms with Gasteiger partial charge < -0.3 is 9.55 Å². The lowest BCUT2D eigenvalue weighted by Crippen LogP contribution is -2.29. The molecule has 0 aliphatic heterocycles. The van der Waals surface area contributed by atoms with E-state index in [0.29, 0.717) is 0 Å². The van der Waals surface area contributed by atoms with Gasteiger partial charge in [-0.2, -0.15) is 0 Å². The Morgan fingerprint density at radius 2 is 1.94 bits per heavy atom. The van der Waals surface area contributed by atoms with Gasteiger partial charge in [-0.3, -0.25) is 0 Å². The van der Waals surface area contributed by atoms with Gasteiger partial charge in [-0.1, -0.05) is 13.8 Å². The summed E-state index contributed by atoms with van der Waals surface area (Å²) in [6, 6.07) is 0. The average Bonchev–Trinajstić information content (AvgIpc) is 2.99. The van der Waals surface area contributed by atoms with Crippen LogP contribution in [0.4, 0.5) is 0 Å². The van der Waals surface area contributed by atoms with Gasteiger partial charge >= 0.3 is 0 Å². The molecular weight excluding hydrogens is 224 g/mol. The second-order valence-electron chi connectivity index (χ2n) is 6.10. The Hall–Kier alpha value is -1.58. The van der Waals surface area contributed by atoms with Crippen LogP contribution in [-0.2, 0) is 11.0 Å². The number of nitrogens with zero attached hydrogens (tertiary/aromatic N) is 3. The molecule has 0 unspecified atom stereocenters. The largest absolute Gasteiger partial charge is 0.348 e. The van der Waals surface area contributed by atoms with E-state index in [2.05, 4.69) is 47.2 Å². The molecule has 0 saturated carbocycles. The monoisotopic (exact) mass is 246 g/mol. The number of imidazole rings is 2. The van der Waals surface area contributed by atoms with Crippen LogP contribution in [0, 0.1) is 0 Å². The summed E-state index contributed by atoms with van der Waals surface area (Å²) in [6.45, 7) is 8.95. The van der Waals surface area contributed by atoms with Crippen molar-refractivity contribution in [2.24, 2.45) is 0 Å². The SMILES string of the molecule is CC(C)(CCC(C)(C)n1ccnc1)c1ncc[nH]1. The molecule has 2 aromatic rings. The number of aromatic amines is 1. The van der Waals surface area contributed by atoms with Crippen molar-refractivity contribution in [2.75, 3.05) is 0 Å². The van der Waals surface area contributed by atoms with Crippen molar-refractivity contribution in [1.29, 1.82) is 0 Å². The van der Waals surface area contributed by atoms with Crippen molar-refractivity contribution in [2.45, 2.75) is 51.5 Å². The van der Waals surface area contributed by atoms with Gasteiger partial charge in [-0.15, -0.1) is 0 Å². The molecule has 0 atom stereocenters. The summed E-state index contributed by atoms with van der Waals surface area (Å²) >= 11 is 0. The summed E-state index contributed by atoms with van der Waals surface area (Å²) in [4.78, 5) is 11.7. The first-order valence-electron chi connectivity index (χ1n) is 6.40. The van der Waals surface area contributed by atoms with Crippen LogP contribution < -0.4 is 0 Å². The number of rotatable bonds is 5. The van der Waals surface area contributed by atoms with Crippen LogP contribution in [0.5, 0.6) is 0 Å². The zero-order valence-electron chi connectivity index (χ0n) is 11.6. The second-order valence-corrected chi connectivity index (χ2v) is 6.10. The Morgan fingerprint density at radius 1 is 1.17 bits per heavy atom. The Kier molecular flexibility index (Phi) is 3.28. The molecule has 0 spiro atoms. The van der Waals surface area contributed by atoms with Gasteiger partial charge in [0.1, 0.15) is 5.82 Å². The summed E-state index contributed by atoms with van der Waals surface area (Å²) in [6.07, 6.45) is 11.6. The summed E-state index contributed by atoms with van der Waals surface area (Å²) < 4.78 is 2.17. The topological polar surface area (TPSA) is 46.5 Å². The van der Waals surface area contributed by atoms with E-state index in [1.54, 1.807) is 0 Å². The van der Waals surface area contributed by atoms with E-state index in [-0.39, 0.29) is 11.0 Å². The van der Waals surface area contributed by atoms with Crippen molar-refractivity contribution in [3.8, 4) is 0 Å². The molecule has 98 valence electrons.